The van der Waals surface area contributed by atoms with Gasteiger partial charge < -0.3 is 4.98 Å². The number of aromatic amines is 1. The molecule has 4 heteroatoms. The molecule has 0 saturated carbocycles. The van der Waals surface area contributed by atoms with Crippen LogP contribution in [0.2, 0.25) is 0 Å². The maximum absolute atomic E-state index is 12.3. The first kappa shape index (κ1) is 17.4. The number of rotatable bonds is 7. The molecule has 0 bridgehead atoms. The second-order valence-electron chi connectivity index (χ2n) is 6.58. The monoisotopic (exact) mass is 335 g/mol. The molecule has 25 heavy (non-hydrogen) atoms. The Labute approximate surface area is 148 Å². The molecular weight excluding hydrogens is 310 g/mol. The molecule has 3 aromatic rings. The number of unbranched alkanes of at least 4 members (excludes halogenated alkanes) is 1. The number of hydrogen-bond donors (Lipinski definition) is 1. The lowest BCUT2D eigenvalue weighted by Gasteiger charge is -2.22. The van der Waals surface area contributed by atoms with E-state index in [1.54, 1.807) is 0 Å². The Morgan fingerprint density at radius 1 is 1.04 bits per heavy atom. The molecule has 0 aliphatic carbocycles. The van der Waals surface area contributed by atoms with E-state index in [1.807, 2.05) is 24.3 Å². The third kappa shape index (κ3) is 4.54. The fraction of sp³-hybridized carbons (Fsp3) is 0.333. The normalized spacial score (nSPS) is 11.3. The number of H-pyrrole nitrogens is 1. The van der Waals surface area contributed by atoms with E-state index in [2.05, 4.69) is 53.0 Å². The van der Waals surface area contributed by atoms with Gasteiger partial charge in [0.15, 0.2) is 0 Å². The van der Waals surface area contributed by atoms with Gasteiger partial charge in [-0.2, -0.15) is 0 Å². The molecule has 0 saturated heterocycles. The zero-order valence-corrected chi connectivity index (χ0v) is 15.0. The van der Waals surface area contributed by atoms with Crippen molar-refractivity contribution in [3.05, 3.63) is 75.8 Å². The molecule has 1 aromatic heterocycles. The SMILES string of the molecule is CCCCN(Cc1ccc(C)cc1)Cc1nc2ccccc2c(=O)[nH]1. The van der Waals surface area contributed by atoms with Crippen molar-refractivity contribution in [2.24, 2.45) is 0 Å². The fourth-order valence-electron chi connectivity index (χ4n) is 2.97. The number of para-hydroxylation sites is 1. The molecule has 0 aliphatic rings. The molecule has 0 spiro atoms. The van der Waals surface area contributed by atoms with Gasteiger partial charge in [-0.1, -0.05) is 55.3 Å². The van der Waals surface area contributed by atoms with E-state index in [0.717, 1.165) is 37.3 Å². The van der Waals surface area contributed by atoms with Crippen LogP contribution in [0.1, 0.15) is 36.7 Å². The van der Waals surface area contributed by atoms with Crippen molar-refractivity contribution in [2.45, 2.75) is 39.8 Å². The number of nitrogens with zero attached hydrogens (tertiary/aromatic N) is 2. The standard InChI is InChI=1S/C21H25N3O/c1-3-4-13-24(14-17-11-9-16(2)10-12-17)15-20-22-19-8-6-5-7-18(19)21(25)23-20/h5-12H,3-4,13-15H2,1-2H3,(H,22,23,25). The van der Waals surface area contributed by atoms with Gasteiger partial charge in [-0.15, -0.1) is 0 Å². The largest absolute Gasteiger partial charge is 0.309 e. The molecule has 3 rings (SSSR count). The highest BCUT2D eigenvalue weighted by molar-refractivity contribution is 5.77. The third-order valence-electron chi connectivity index (χ3n) is 4.39. The summed E-state index contributed by atoms with van der Waals surface area (Å²) >= 11 is 0. The molecule has 0 atom stereocenters. The maximum Gasteiger partial charge on any atom is 0.258 e. The summed E-state index contributed by atoms with van der Waals surface area (Å²) in [5, 5.41) is 0.643. The lowest BCUT2D eigenvalue weighted by Crippen LogP contribution is -2.26. The van der Waals surface area contributed by atoms with E-state index in [9.17, 15) is 4.79 Å². The van der Waals surface area contributed by atoms with Crippen molar-refractivity contribution in [2.75, 3.05) is 6.54 Å². The van der Waals surface area contributed by atoms with Crippen LogP contribution in [-0.2, 0) is 13.1 Å². The number of nitrogens with one attached hydrogen (secondary N) is 1. The summed E-state index contributed by atoms with van der Waals surface area (Å²) in [7, 11) is 0. The van der Waals surface area contributed by atoms with E-state index in [1.165, 1.54) is 11.1 Å². The average molecular weight is 335 g/mol. The van der Waals surface area contributed by atoms with Gasteiger partial charge in [-0.05, 0) is 37.6 Å². The van der Waals surface area contributed by atoms with E-state index in [4.69, 9.17) is 0 Å². The number of hydrogen-bond acceptors (Lipinski definition) is 3. The second kappa shape index (κ2) is 8.08. The van der Waals surface area contributed by atoms with Crippen LogP contribution in [0.4, 0.5) is 0 Å². The van der Waals surface area contributed by atoms with Crippen molar-refractivity contribution in [3.8, 4) is 0 Å². The Balaban J connectivity index is 1.82. The van der Waals surface area contributed by atoms with Gasteiger partial charge in [0.25, 0.3) is 5.56 Å². The zero-order valence-electron chi connectivity index (χ0n) is 15.0. The highest BCUT2D eigenvalue weighted by atomic mass is 16.1. The molecule has 2 aromatic carbocycles. The van der Waals surface area contributed by atoms with Crippen molar-refractivity contribution in [3.63, 3.8) is 0 Å². The highest BCUT2D eigenvalue weighted by Gasteiger charge is 2.10. The Morgan fingerprint density at radius 3 is 2.56 bits per heavy atom. The van der Waals surface area contributed by atoms with Crippen LogP contribution >= 0.6 is 0 Å². The minimum Gasteiger partial charge on any atom is -0.309 e. The first-order valence-corrected chi connectivity index (χ1v) is 8.91. The van der Waals surface area contributed by atoms with Crippen LogP contribution < -0.4 is 5.56 Å². The lowest BCUT2D eigenvalue weighted by molar-refractivity contribution is 0.246. The number of aromatic nitrogens is 2. The predicted octanol–water partition coefficient (Wildman–Crippen LogP) is 4.03. The quantitative estimate of drug-likeness (QED) is 0.709. The minimum absolute atomic E-state index is 0.0635. The molecule has 0 amide bonds. The molecule has 0 unspecified atom stereocenters. The van der Waals surface area contributed by atoms with Gasteiger partial charge in [0, 0.05) is 6.54 Å². The smallest absolute Gasteiger partial charge is 0.258 e. The van der Waals surface area contributed by atoms with Crippen LogP contribution in [0.25, 0.3) is 10.9 Å². The average Bonchev–Trinajstić information content (AvgIpc) is 2.61. The molecular formula is C21H25N3O. The topological polar surface area (TPSA) is 49.0 Å². The molecule has 1 N–H and O–H groups in total. The summed E-state index contributed by atoms with van der Waals surface area (Å²) in [5.41, 5.74) is 3.24. The van der Waals surface area contributed by atoms with Crippen LogP contribution in [0.15, 0.2) is 53.3 Å². The van der Waals surface area contributed by atoms with Crippen molar-refractivity contribution >= 4 is 10.9 Å². The van der Waals surface area contributed by atoms with Gasteiger partial charge in [-0.25, -0.2) is 4.98 Å². The molecule has 0 radical (unpaired) electrons. The van der Waals surface area contributed by atoms with Gasteiger partial charge in [0.1, 0.15) is 5.82 Å². The summed E-state index contributed by atoms with van der Waals surface area (Å²) in [6.07, 6.45) is 2.27. The maximum atomic E-state index is 12.3. The van der Waals surface area contributed by atoms with E-state index < -0.39 is 0 Å². The zero-order chi connectivity index (χ0) is 17.6. The van der Waals surface area contributed by atoms with E-state index >= 15 is 0 Å². The molecule has 0 aliphatic heterocycles. The number of benzene rings is 2. The minimum atomic E-state index is -0.0635. The molecule has 4 nitrogen and oxygen atoms in total. The van der Waals surface area contributed by atoms with E-state index in [0.29, 0.717) is 11.9 Å². The fourth-order valence-corrected chi connectivity index (χ4v) is 2.97. The lowest BCUT2D eigenvalue weighted by atomic mass is 10.1. The third-order valence-corrected chi connectivity index (χ3v) is 4.39. The van der Waals surface area contributed by atoms with Gasteiger partial charge >= 0.3 is 0 Å². The van der Waals surface area contributed by atoms with Crippen LogP contribution in [0.3, 0.4) is 0 Å². The Bertz CT molecular complexity index is 884. The van der Waals surface area contributed by atoms with Gasteiger partial charge in [0.2, 0.25) is 0 Å². The summed E-state index contributed by atoms with van der Waals surface area (Å²) < 4.78 is 0. The molecule has 1 heterocycles. The first-order chi connectivity index (χ1) is 12.2. The number of fused-ring (bicyclic) bond motifs is 1. The summed E-state index contributed by atoms with van der Waals surface area (Å²) in [4.78, 5) is 22.2. The summed E-state index contributed by atoms with van der Waals surface area (Å²) in [5.74, 6) is 0.729. The summed E-state index contributed by atoms with van der Waals surface area (Å²) in [6.45, 7) is 6.79. The Hall–Kier alpha value is -2.46. The van der Waals surface area contributed by atoms with Crippen molar-refractivity contribution < 1.29 is 0 Å². The van der Waals surface area contributed by atoms with Crippen molar-refractivity contribution in [1.82, 2.24) is 14.9 Å². The van der Waals surface area contributed by atoms with Gasteiger partial charge in [-0.3, -0.25) is 9.69 Å². The van der Waals surface area contributed by atoms with Crippen LogP contribution in [0.5, 0.6) is 0 Å². The summed E-state index contributed by atoms with van der Waals surface area (Å²) in [6, 6.07) is 16.1. The van der Waals surface area contributed by atoms with Crippen LogP contribution in [-0.4, -0.2) is 21.4 Å². The van der Waals surface area contributed by atoms with Crippen LogP contribution in [0, 0.1) is 6.92 Å². The predicted molar refractivity (Wildman–Crippen MR) is 103 cm³/mol. The Kier molecular flexibility index (Phi) is 5.61. The first-order valence-electron chi connectivity index (χ1n) is 8.91. The van der Waals surface area contributed by atoms with E-state index in [-0.39, 0.29) is 5.56 Å². The highest BCUT2D eigenvalue weighted by Crippen LogP contribution is 2.12. The molecule has 0 fully saturated rings. The van der Waals surface area contributed by atoms with Gasteiger partial charge in [0.05, 0.1) is 17.4 Å². The second-order valence-corrected chi connectivity index (χ2v) is 6.58. The molecule has 130 valence electrons. The van der Waals surface area contributed by atoms with Crippen molar-refractivity contribution in [1.29, 1.82) is 0 Å². The Morgan fingerprint density at radius 2 is 1.80 bits per heavy atom. The number of aryl methyl sites for hydroxylation is 1.